The average Bonchev–Trinajstić information content (AvgIpc) is 3.26. The predicted molar refractivity (Wildman–Crippen MR) is 132 cm³/mol. The molecule has 4 rings (SSSR count). The van der Waals surface area contributed by atoms with Gasteiger partial charge in [0.1, 0.15) is 24.4 Å². The summed E-state index contributed by atoms with van der Waals surface area (Å²) in [6, 6.07) is 10.8. The number of halogens is 1. The lowest BCUT2D eigenvalue weighted by Crippen LogP contribution is -2.41. The first-order valence-corrected chi connectivity index (χ1v) is 11.9. The van der Waals surface area contributed by atoms with Crippen molar-refractivity contribution in [1.29, 1.82) is 0 Å². The van der Waals surface area contributed by atoms with Crippen LogP contribution in [0.1, 0.15) is 42.2 Å². The molecule has 1 aliphatic rings. The van der Waals surface area contributed by atoms with Gasteiger partial charge >= 0.3 is 5.97 Å². The second-order valence-electron chi connectivity index (χ2n) is 8.28. The number of ether oxygens (including phenoxy) is 3. The zero-order chi connectivity index (χ0) is 25.8. The van der Waals surface area contributed by atoms with E-state index in [1.165, 1.54) is 6.20 Å². The van der Waals surface area contributed by atoms with Crippen molar-refractivity contribution in [3.63, 3.8) is 0 Å². The smallest absolute Gasteiger partial charge is 0.311 e. The van der Waals surface area contributed by atoms with Gasteiger partial charge in [-0.05, 0) is 30.7 Å². The van der Waals surface area contributed by atoms with Gasteiger partial charge in [-0.1, -0.05) is 30.7 Å². The molecule has 0 bridgehead atoms. The van der Waals surface area contributed by atoms with E-state index in [2.05, 4.69) is 4.98 Å². The van der Waals surface area contributed by atoms with E-state index in [4.69, 9.17) is 35.3 Å². The molecule has 9 nitrogen and oxygen atoms in total. The monoisotopic (exact) mass is 514 g/mol. The minimum atomic E-state index is -1.04. The lowest BCUT2D eigenvalue weighted by molar-refractivity contribution is -0.136. The number of hydrogen-bond donors (Lipinski definition) is 1. The Hall–Kier alpha value is -3.56. The van der Waals surface area contributed by atoms with Crippen LogP contribution in [-0.4, -0.2) is 48.8 Å². The van der Waals surface area contributed by atoms with Gasteiger partial charge in [0.25, 0.3) is 5.91 Å². The number of para-hydroxylation sites is 1. The van der Waals surface area contributed by atoms with E-state index in [1.54, 1.807) is 37.3 Å². The average molecular weight is 515 g/mol. The molecule has 36 heavy (non-hydrogen) atoms. The van der Waals surface area contributed by atoms with E-state index in [0.29, 0.717) is 39.9 Å². The molecule has 1 aliphatic heterocycles. The molecule has 0 radical (unpaired) electrons. The molecule has 0 fully saturated rings. The lowest BCUT2D eigenvalue weighted by atomic mass is 9.98. The minimum Gasteiger partial charge on any atom is -0.493 e. The number of nitrogens with zero attached hydrogens (tertiary/aromatic N) is 2. The fourth-order valence-electron chi connectivity index (χ4n) is 4.35. The molecule has 0 aliphatic carbocycles. The van der Waals surface area contributed by atoms with Crippen molar-refractivity contribution in [2.45, 2.75) is 38.4 Å². The zero-order valence-electron chi connectivity index (χ0n) is 20.2. The second kappa shape index (κ2) is 11.0. The molecule has 10 heteroatoms. The number of hydrogen-bond acceptors (Lipinski definition) is 7. The van der Waals surface area contributed by atoms with Crippen LogP contribution in [0.25, 0.3) is 0 Å². The van der Waals surface area contributed by atoms with Crippen LogP contribution in [0, 0.1) is 0 Å². The summed E-state index contributed by atoms with van der Waals surface area (Å²) >= 11 is 6.40. The molecule has 2 heterocycles. The van der Waals surface area contributed by atoms with Crippen LogP contribution in [-0.2, 0) is 27.2 Å². The summed E-state index contributed by atoms with van der Waals surface area (Å²) in [5.74, 6) is 0.108. The number of carboxylic acids is 1. The number of aromatic nitrogens is 1. The van der Waals surface area contributed by atoms with Gasteiger partial charge in [-0.3, -0.25) is 9.59 Å². The van der Waals surface area contributed by atoms with E-state index in [0.717, 1.165) is 6.42 Å². The summed E-state index contributed by atoms with van der Waals surface area (Å²) in [5, 5.41) is 9.54. The Morgan fingerprint density at radius 1 is 1.19 bits per heavy atom. The molecule has 0 saturated carbocycles. The van der Waals surface area contributed by atoms with Crippen LogP contribution >= 0.6 is 11.6 Å². The Kier molecular flexibility index (Phi) is 7.81. The van der Waals surface area contributed by atoms with Crippen molar-refractivity contribution in [3.05, 3.63) is 70.4 Å². The Morgan fingerprint density at radius 2 is 2.00 bits per heavy atom. The van der Waals surface area contributed by atoms with Crippen molar-refractivity contribution in [2.75, 3.05) is 25.7 Å². The molecule has 2 aromatic carbocycles. The number of aliphatic carboxylic acids is 1. The molecule has 190 valence electrons. The van der Waals surface area contributed by atoms with Gasteiger partial charge in [0, 0.05) is 28.4 Å². The number of carbonyl (C=O) groups excluding carboxylic acids is 1. The molecule has 0 saturated heterocycles. The topological polar surface area (TPSA) is 111 Å². The van der Waals surface area contributed by atoms with Gasteiger partial charge in [0.2, 0.25) is 0 Å². The highest BCUT2D eigenvalue weighted by Crippen LogP contribution is 2.45. The maximum absolute atomic E-state index is 13.8. The molecule has 1 aromatic heterocycles. The summed E-state index contributed by atoms with van der Waals surface area (Å²) in [4.78, 5) is 30.7. The van der Waals surface area contributed by atoms with Crippen molar-refractivity contribution in [2.24, 2.45) is 0 Å². The lowest BCUT2D eigenvalue weighted by Gasteiger charge is -2.24. The van der Waals surface area contributed by atoms with Crippen molar-refractivity contribution < 1.29 is 33.3 Å². The van der Waals surface area contributed by atoms with Gasteiger partial charge < -0.3 is 28.6 Å². The van der Waals surface area contributed by atoms with Gasteiger partial charge in [-0.2, -0.15) is 0 Å². The van der Waals surface area contributed by atoms with Crippen LogP contribution in [0.3, 0.4) is 0 Å². The third kappa shape index (κ3) is 5.17. The number of benzene rings is 2. The second-order valence-corrected chi connectivity index (χ2v) is 8.71. The molecular formula is C26H27ClN2O7. The van der Waals surface area contributed by atoms with Gasteiger partial charge in [-0.15, -0.1) is 0 Å². The summed E-state index contributed by atoms with van der Waals surface area (Å²) in [6.45, 7) is 2.45. The highest BCUT2D eigenvalue weighted by Gasteiger charge is 2.38. The molecular weight excluding hydrogens is 488 g/mol. The van der Waals surface area contributed by atoms with E-state index in [-0.39, 0.29) is 30.4 Å². The number of anilines is 1. The maximum Gasteiger partial charge on any atom is 0.311 e. The summed E-state index contributed by atoms with van der Waals surface area (Å²) in [7, 11) is 3.09. The fraction of sp³-hybridized carbons (Fsp3) is 0.346. The quantitative estimate of drug-likeness (QED) is 0.446. The van der Waals surface area contributed by atoms with Crippen molar-refractivity contribution in [3.8, 4) is 11.5 Å². The van der Waals surface area contributed by atoms with Gasteiger partial charge in [0.05, 0.1) is 26.8 Å². The van der Waals surface area contributed by atoms with E-state index < -0.39 is 18.2 Å². The van der Waals surface area contributed by atoms with E-state index in [9.17, 15) is 9.59 Å². The highest BCUT2D eigenvalue weighted by atomic mass is 35.5. The molecule has 0 spiro atoms. The largest absolute Gasteiger partial charge is 0.493 e. The number of carboxylic acid groups (broad SMARTS) is 1. The predicted octanol–water partition coefficient (Wildman–Crippen LogP) is 4.45. The number of methoxy groups -OCH3 is 2. The Bertz CT molecular complexity index is 1260. The molecule has 1 N–H and O–H groups in total. The molecule has 1 amide bonds. The van der Waals surface area contributed by atoms with Crippen LogP contribution in [0.4, 0.5) is 5.69 Å². The first-order chi connectivity index (χ1) is 17.4. The standard InChI is InChI=1S/C26H27ClN2O7/c1-4-10-29-19-9-8-15(27)11-18(19)24(17-6-5-7-20(33-2)25(17)34-3)36-21(26(29)32)13-22-28-14-16(35-22)12-23(30)31/h5-9,11,14,21,24H,4,10,12-13H2,1-3H3,(H,30,31)/t21-,24-/m1/s1. The summed E-state index contributed by atoms with van der Waals surface area (Å²) in [6.07, 6.45) is 0.0829. The molecule has 0 unspecified atom stereocenters. The number of amides is 1. The Balaban J connectivity index is 1.83. The number of fused-ring (bicyclic) bond motifs is 1. The third-order valence-corrected chi connectivity index (χ3v) is 6.09. The van der Waals surface area contributed by atoms with Crippen molar-refractivity contribution in [1.82, 2.24) is 4.98 Å². The van der Waals surface area contributed by atoms with E-state index >= 15 is 0 Å². The SMILES string of the molecule is CCCN1C(=O)[C@@H](Cc2ncc(CC(=O)O)o2)O[C@H](c2cccc(OC)c2OC)c2cc(Cl)ccc21. The molecule has 3 aromatic rings. The summed E-state index contributed by atoms with van der Waals surface area (Å²) < 4.78 is 23.3. The zero-order valence-corrected chi connectivity index (χ0v) is 20.9. The van der Waals surface area contributed by atoms with Crippen LogP contribution in [0.15, 0.2) is 47.0 Å². The Labute approximate surface area is 213 Å². The van der Waals surface area contributed by atoms with Crippen molar-refractivity contribution >= 4 is 29.2 Å². The number of carbonyl (C=O) groups is 2. The normalized spacial score (nSPS) is 17.4. The first kappa shape index (κ1) is 25.5. The van der Waals surface area contributed by atoms with Crippen LogP contribution in [0.2, 0.25) is 5.02 Å². The first-order valence-electron chi connectivity index (χ1n) is 11.5. The third-order valence-electron chi connectivity index (χ3n) is 5.85. The molecule has 2 atom stereocenters. The van der Waals surface area contributed by atoms with Gasteiger partial charge in [0.15, 0.2) is 17.4 Å². The highest BCUT2D eigenvalue weighted by molar-refractivity contribution is 6.30. The number of rotatable bonds is 9. The Morgan fingerprint density at radius 3 is 2.69 bits per heavy atom. The van der Waals surface area contributed by atoms with E-state index in [1.807, 2.05) is 25.1 Å². The minimum absolute atomic E-state index is 0.0170. The van der Waals surface area contributed by atoms with Gasteiger partial charge in [-0.25, -0.2) is 4.98 Å². The summed E-state index contributed by atoms with van der Waals surface area (Å²) in [5.41, 5.74) is 2.05. The number of oxazole rings is 1. The fourth-order valence-corrected chi connectivity index (χ4v) is 4.53. The van der Waals surface area contributed by atoms with Crippen LogP contribution < -0.4 is 14.4 Å². The maximum atomic E-state index is 13.8. The van der Waals surface area contributed by atoms with Crippen LogP contribution in [0.5, 0.6) is 11.5 Å².